The number of nitrogens with one attached hydrogen (secondary N) is 4. The van der Waals surface area contributed by atoms with Crippen LogP contribution >= 0.6 is 0 Å². The van der Waals surface area contributed by atoms with Gasteiger partial charge < -0.3 is 35.2 Å². The van der Waals surface area contributed by atoms with Gasteiger partial charge in [0.1, 0.15) is 18.1 Å². The molecule has 0 aliphatic carbocycles. The van der Waals surface area contributed by atoms with Crippen LogP contribution in [0.15, 0.2) is 37.0 Å². The number of allylic oxidation sites excluding steroid dienone is 3. The summed E-state index contributed by atoms with van der Waals surface area (Å²) in [5, 5.41) is 10.7. The van der Waals surface area contributed by atoms with Crippen LogP contribution in [0.1, 0.15) is 101 Å². The van der Waals surface area contributed by atoms with Gasteiger partial charge in [-0.1, -0.05) is 86.3 Å². The van der Waals surface area contributed by atoms with Crippen LogP contribution in [-0.4, -0.2) is 134 Å². The Hall–Kier alpha value is -3.59. The largest absolute Gasteiger partial charge is 0.379 e. The molecule has 1 saturated heterocycles. The van der Waals surface area contributed by atoms with Crippen molar-refractivity contribution < 1.29 is 33.4 Å². The van der Waals surface area contributed by atoms with Crippen molar-refractivity contribution in [3.8, 4) is 0 Å². The van der Waals surface area contributed by atoms with E-state index >= 15 is 0 Å². The highest BCUT2D eigenvalue weighted by molar-refractivity contribution is 5.91. The van der Waals surface area contributed by atoms with E-state index in [9.17, 15) is 24.0 Å². The number of hydrogen-bond acceptors (Lipinski definition) is 9. The number of hydrogen-bond donors (Lipinski definition) is 4. The van der Waals surface area contributed by atoms with Crippen LogP contribution < -0.4 is 21.4 Å². The number of likely N-dealkylation sites (N-methyl/N-ethyl adjacent to an activating group) is 2. The van der Waals surface area contributed by atoms with Gasteiger partial charge in [-0.25, -0.2) is 5.01 Å². The number of nitrogens with zero attached hydrogens (tertiary/aromatic N) is 3. The van der Waals surface area contributed by atoms with Gasteiger partial charge >= 0.3 is 0 Å². The molecule has 1 fully saturated rings. The quantitative estimate of drug-likeness (QED) is 0.0826. The highest BCUT2D eigenvalue weighted by Crippen LogP contribution is 2.30. The highest BCUT2D eigenvalue weighted by atomic mass is 16.5. The molecular weight excluding hydrogens is 739 g/mol. The standard InChI is InChI=1S/C44H79N7O7/c1-18-22-31(20-3)25-32(41(54)48-44(10,11)12)46-40(53)30(9)39(58-17)33-23-21-24-51(33)35(52)26-34(57-16)38(29(8)19-2)49(14)43(56)36(27(4)5)47-42(55)37(28(6)7)50(15)45-13/h18,20,22,27-30,32-34,36-39,45H,1,3,19,21,23-26H2,2,4-17H3,(H,46,53)(H,47,55)(H,48,54)/b31-22+/t29-,30+,32-,33-,34+,36-,37-,38-,39+/m0/s1. The second-order valence-electron chi connectivity index (χ2n) is 17.5. The van der Waals surface area contributed by atoms with E-state index in [2.05, 4.69) is 34.5 Å². The summed E-state index contributed by atoms with van der Waals surface area (Å²) in [7, 11) is 8.34. The minimum absolute atomic E-state index is 0.00720. The van der Waals surface area contributed by atoms with Crippen molar-refractivity contribution in [2.24, 2.45) is 23.7 Å². The van der Waals surface area contributed by atoms with E-state index in [1.807, 2.05) is 62.3 Å². The Labute approximate surface area is 350 Å². The van der Waals surface area contributed by atoms with E-state index in [0.29, 0.717) is 19.4 Å². The Balaban J connectivity index is 3.37. The van der Waals surface area contributed by atoms with E-state index in [4.69, 9.17) is 9.47 Å². The molecule has 1 rings (SSSR count). The zero-order valence-corrected chi connectivity index (χ0v) is 38.4. The molecule has 0 bridgehead atoms. The first kappa shape index (κ1) is 52.4. The number of likely N-dealkylation sites (tertiary alicyclic amines) is 1. The molecule has 14 nitrogen and oxygen atoms in total. The van der Waals surface area contributed by atoms with Crippen molar-refractivity contribution in [3.05, 3.63) is 37.0 Å². The molecule has 0 aromatic rings. The van der Waals surface area contributed by atoms with Gasteiger partial charge in [-0.05, 0) is 64.0 Å². The number of methoxy groups -OCH3 is 2. The molecular formula is C44H79N7O7. The van der Waals surface area contributed by atoms with Crippen LogP contribution in [0.4, 0.5) is 0 Å². The van der Waals surface area contributed by atoms with Gasteiger partial charge in [-0.3, -0.25) is 29.4 Å². The summed E-state index contributed by atoms with van der Waals surface area (Å²) < 4.78 is 12.0. The molecule has 5 amide bonds. The lowest BCUT2D eigenvalue weighted by atomic mass is 9.89. The topological polar surface area (TPSA) is 162 Å². The summed E-state index contributed by atoms with van der Waals surface area (Å²) in [6.45, 7) is 27.2. The number of rotatable bonds is 24. The van der Waals surface area contributed by atoms with Gasteiger partial charge in [0.15, 0.2) is 0 Å². The Morgan fingerprint density at radius 2 is 1.52 bits per heavy atom. The Bertz CT molecular complexity index is 1410. The molecule has 58 heavy (non-hydrogen) atoms. The van der Waals surface area contributed by atoms with Crippen molar-refractivity contribution >= 4 is 29.5 Å². The number of carbonyl (C=O) groups is 5. The van der Waals surface area contributed by atoms with Gasteiger partial charge in [0, 0.05) is 46.8 Å². The average molecular weight is 818 g/mol. The minimum Gasteiger partial charge on any atom is -0.379 e. The summed E-state index contributed by atoms with van der Waals surface area (Å²) in [4.78, 5) is 73.0. The van der Waals surface area contributed by atoms with Crippen LogP contribution in [0.5, 0.6) is 0 Å². The Morgan fingerprint density at radius 1 is 0.897 bits per heavy atom. The number of ether oxygens (including phenoxy) is 2. The zero-order chi connectivity index (χ0) is 44.7. The Kier molecular flexibility index (Phi) is 22.1. The molecule has 4 N–H and O–H groups in total. The van der Waals surface area contributed by atoms with Crippen LogP contribution in [-0.2, 0) is 33.4 Å². The summed E-state index contributed by atoms with van der Waals surface area (Å²) in [6.07, 6.45) is 5.94. The fourth-order valence-electron chi connectivity index (χ4n) is 7.92. The molecule has 0 spiro atoms. The monoisotopic (exact) mass is 818 g/mol. The summed E-state index contributed by atoms with van der Waals surface area (Å²) in [5.41, 5.74) is 3.23. The van der Waals surface area contributed by atoms with E-state index in [1.54, 1.807) is 68.2 Å². The second-order valence-corrected chi connectivity index (χ2v) is 17.5. The van der Waals surface area contributed by atoms with Gasteiger partial charge in [0.05, 0.1) is 36.6 Å². The first-order chi connectivity index (χ1) is 27.0. The molecule has 332 valence electrons. The lowest BCUT2D eigenvalue weighted by Gasteiger charge is -2.41. The van der Waals surface area contributed by atoms with Gasteiger partial charge in [0.25, 0.3) is 0 Å². The molecule has 14 heteroatoms. The van der Waals surface area contributed by atoms with E-state index in [1.165, 1.54) is 7.11 Å². The Morgan fingerprint density at radius 3 is 1.98 bits per heavy atom. The molecule has 1 heterocycles. The third kappa shape index (κ3) is 14.9. The van der Waals surface area contributed by atoms with Crippen LogP contribution in [0.25, 0.3) is 0 Å². The average Bonchev–Trinajstić information content (AvgIpc) is 3.64. The van der Waals surface area contributed by atoms with Crippen LogP contribution in [0.2, 0.25) is 0 Å². The fraction of sp³-hybridized carbons (Fsp3) is 0.750. The van der Waals surface area contributed by atoms with Crippen molar-refractivity contribution in [1.82, 2.24) is 36.2 Å². The zero-order valence-electron chi connectivity index (χ0n) is 38.4. The summed E-state index contributed by atoms with van der Waals surface area (Å²) >= 11 is 0. The maximum Gasteiger partial charge on any atom is 0.245 e. The molecule has 0 radical (unpaired) electrons. The maximum absolute atomic E-state index is 14.3. The van der Waals surface area contributed by atoms with E-state index in [0.717, 1.165) is 12.0 Å². The molecule has 0 aromatic heterocycles. The lowest BCUT2D eigenvalue weighted by Crippen LogP contribution is -2.60. The third-order valence-electron chi connectivity index (χ3n) is 11.3. The molecule has 1 aliphatic heterocycles. The van der Waals surface area contributed by atoms with Gasteiger partial charge in [0.2, 0.25) is 29.5 Å². The van der Waals surface area contributed by atoms with Crippen molar-refractivity contribution in [3.63, 3.8) is 0 Å². The SMILES string of the molecule is C=C/C=C(\C=C)C[C@H](NC(=O)[C@H](C)[C@@H](OC)[C@@H]1CCCN1C(=O)C[C@@H](OC)[C@H]([C@@H](C)CC)N(C)C(=O)[C@@H](NC(=O)[C@H](C(C)C)N(C)NC)C(C)C)C(=O)NC(C)(C)C. The molecule has 0 aromatic carbocycles. The molecule has 9 atom stereocenters. The third-order valence-corrected chi connectivity index (χ3v) is 11.3. The smallest absolute Gasteiger partial charge is 0.245 e. The number of amides is 5. The normalized spacial score (nSPS) is 19.1. The number of hydrazine groups is 1. The number of carbonyl (C=O) groups excluding carboxylic acids is 5. The van der Waals surface area contributed by atoms with Crippen LogP contribution in [0.3, 0.4) is 0 Å². The molecule has 0 saturated carbocycles. The summed E-state index contributed by atoms with van der Waals surface area (Å²) in [6, 6.07) is -3.08. The first-order valence-corrected chi connectivity index (χ1v) is 20.9. The first-order valence-electron chi connectivity index (χ1n) is 20.9. The predicted molar refractivity (Wildman–Crippen MR) is 231 cm³/mol. The molecule has 0 unspecified atom stereocenters. The van der Waals surface area contributed by atoms with Crippen molar-refractivity contribution in [2.75, 3.05) is 41.9 Å². The van der Waals surface area contributed by atoms with Crippen molar-refractivity contribution in [1.29, 1.82) is 0 Å². The van der Waals surface area contributed by atoms with Crippen molar-refractivity contribution in [2.45, 2.75) is 149 Å². The van der Waals surface area contributed by atoms with Gasteiger partial charge in [-0.2, -0.15) is 0 Å². The molecule has 1 aliphatic rings. The summed E-state index contributed by atoms with van der Waals surface area (Å²) in [5.74, 6) is -2.39. The highest BCUT2D eigenvalue weighted by Gasteiger charge is 2.43. The van der Waals surface area contributed by atoms with E-state index < -0.39 is 53.9 Å². The van der Waals surface area contributed by atoms with Gasteiger partial charge in [-0.15, -0.1) is 0 Å². The van der Waals surface area contributed by atoms with Crippen LogP contribution in [0, 0.1) is 23.7 Å². The lowest BCUT2D eigenvalue weighted by molar-refractivity contribution is -0.148. The van der Waals surface area contributed by atoms with E-state index in [-0.39, 0.29) is 60.1 Å². The fourth-order valence-corrected chi connectivity index (χ4v) is 7.92. The second kappa shape index (κ2) is 24.5. The predicted octanol–water partition coefficient (Wildman–Crippen LogP) is 4.23. The minimum atomic E-state index is -0.883. The maximum atomic E-state index is 14.3.